The lowest BCUT2D eigenvalue weighted by molar-refractivity contribution is 0.0949. The van der Waals surface area contributed by atoms with E-state index in [0.29, 0.717) is 18.6 Å². The summed E-state index contributed by atoms with van der Waals surface area (Å²) in [5, 5.41) is 12.7. The SMILES string of the molecule is COc1ccc(CCNC(=O)c2c(O)nc3cc(C)ccn3c2=O)cc1. The number of rotatable bonds is 5. The fourth-order valence-corrected chi connectivity index (χ4v) is 2.63. The summed E-state index contributed by atoms with van der Waals surface area (Å²) in [6.07, 6.45) is 2.12. The Morgan fingerprint density at radius 3 is 2.69 bits per heavy atom. The second kappa shape index (κ2) is 7.26. The van der Waals surface area contributed by atoms with E-state index in [4.69, 9.17) is 4.74 Å². The number of aryl methyl sites for hydroxylation is 1. The molecule has 0 saturated heterocycles. The number of amides is 1. The van der Waals surface area contributed by atoms with E-state index in [1.54, 1.807) is 19.2 Å². The Balaban J connectivity index is 1.75. The van der Waals surface area contributed by atoms with Crippen LogP contribution in [0, 0.1) is 6.92 Å². The Bertz CT molecular complexity index is 1010. The van der Waals surface area contributed by atoms with Crippen molar-refractivity contribution in [3.63, 3.8) is 0 Å². The first-order valence-corrected chi connectivity index (χ1v) is 8.12. The van der Waals surface area contributed by atoms with Crippen LogP contribution in [0.5, 0.6) is 11.6 Å². The van der Waals surface area contributed by atoms with Gasteiger partial charge in [-0.05, 0) is 48.7 Å². The van der Waals surface area contributed by atoms with E-state index >= 15 is 0 Å². The largest absolute Gasteiger partial charge is 0.497 e. The molecule has 0 bridgehead atoms. The molecule has 0 unspecified atom stereocenters. The highest BCUT2D eigenvalue weighted by Gasteiger charge is 2.19. The number of nitrogens with zero attached hydrogens (tertiary/aromatic N) is 2. The van der Waals surface area contributed by atoms with Gasteiger partial charge in [-0.15, -0.1) is 0 Å². The Kier molecular flexibility index (Phi) is 4.88. The molecule has 7 nitrogen and oxygen atoms in total. The summed E-state index contributed by atoms with van der Waals surface area (Å²) < 4.78 is 6.34. The number of pyridine rings is 1. The molecule has 0 saturated carbocycles. The fraction of sp³-hybridized carbons (Fsp3) is 0.211. The lowest BCUT2D eigenvalue weighted by Gasteiger charge is -2.09. The lowest BCUT2D eigenvalue weighted by Crippen LogP contribution is -2.33. The third-order valence-corrected chi connectivity index (χ3v) is 4.05. The van der Waals surface area contributed by atoms with E-state index in [-0.39, 0.29) is 5.56 Å². The number of ether oxygens (including phenoxy) is 1. The van der Waals surface area contributed by atoms with Crippen molar-refractivity contribution in [3.8, 4) is 11.6 Å². The predicted octanol–water partition coefficient (Wildman–Crippen LogP) is 1.69. The normalized spacial score (nSPS) is 10.7. The van der Waals surface area contributed by atoms with Crippen molar-refractivity contribution in [2.24, 2.45) is 0 Å². The summed E-state index contributed by atoms with van der Waals surface area (Å²) in [5.41, 5.74) is 1.24. The van der Waals surface area contributed by atoms with Crippen LogP contribution in [0.3, 0.4) is 0 Å². The molecule has 0 aliphatic carbocycles. The zero-order chi connectivity index (χ0) is 18.7. The fourth-order valence-electron chi connectivity index (χ4n) is 2.63. The molecule has 3 aromatic rings. The van der Waals surface area contributed by atoms with Crippen LogP contribution in [0.4, 0.5) is 0 Å². The van der Waals surface area contributed by atoms with Gasteiger partial charge < -0.3 is 15.2 Å². The minimum atomic E-state index is -0.650. The zero-order valence-electron chi connectivity index (χ0n) is 14.5. The molecular formula is C19H19N3O4. The molecule has 134 valence electrons. The molecule has 0 spiro atoms. The molecule has 2 N–H and O–H groups in total. The summed E-state index contributed by atoms with van der Waals surface area (Å²) in [4.78, 5) is 28.8. The van der Waals surface area contributed by atoms with Crippen LogP contribution < -0.4 is 15.6 Å². The van der Waals surface area contributed by atoms with Gasteiger partial charge in [0.25, 0.3) is 11.5 Å². The highest BCUT2D eigenvalue weighted by Crippen LogP contribution is 2.13. The summed E-state index contributed by atoms with van der Waals surface area (Å²) in [6, 6.07) is 10.9. The molecule has 2 heterocycles. The van der Waals surface area contributed by atoms with E-state index in [1.165, 1.54) is 10.6 Å². The lowest BCUT2D eigenvalue weighted by atomic mass is 10.1. The molecular weight excluding hydrogens is 334 g/mol. The van der Waals surface area contributed by atoms with Crippen LogP contribution in [-0.4, -0.2) is 34.1 Å². The molecule has 0 aliphatic heterocycles. The maximum Gasteiger partial charge on any atom is 0.274 e. The Morgan fingerprint density at radius 2 is 2.00 bits per heavy atom. The van der Waals surface area contributed by atoms with Crippen LogP contribution in [-0.2, 0) is 6.42 Å². The van der Waals surface area contributed by atoms with Crippen molar-refractivity contribution in [1.29, 1.82) is 0 Å². The van der Waals surface area contributed by atoms with E-state index in [1.807, 2.05) is 31.2 Å². The maximum atomic E-state index is 12.5. The third-order valence-electron chi connectivity index (χ3n) is 4.05. The van der Waals surface area contributed by atoms with Crippen molar-refractivity contribution >= 4 is 11.6 Å². The van der Waals surface area contributed by atoms with Crippen molar-refractivity contribution in [2.75, 3.05) is 13.7 Å². The van der Waals surface area contributed by atoms with Gasteiger partial charge in [0.2, 0.25) is 5.88 Å². The highest BCUT2D eigenvalue weighted by molar-refractivity contribution is 5.96. The molecule has 7 heteroatoms. The monoisotopic (exact) mass is 353 g/mol. The van der Waals surface area contributed by atoms with Crippen molar-refractivity contribution in [3.05, 3.63) is 69.6 Å². The van der Waals surface area contributed by atoms with Crippen LogP contribution in [0.2, 0.25) is 0 Å². The molecule has 0 fully saturated rings. The van der Waals surface area contributed by atoms with Gasteiger partial charge in [0.05, 0.1) is 7.11 Å². The van der Waals surface area contributed by atoms with Gasteiger partial charge >= 0.3 is 0 Å². The molecule has 1 amide bonds. The van der Waals surface area contributed by atoms with E-state index in [2.05, 4.69) is 10.3 Å². The number of methoxy groups -OCH3 is 1. The Morgan fingerprint density at radius 1 is 1.27 bits per heavy atom. The summed E-state index contributed by atoms with van der Waals surface area (Å²) in [6.45, 7) is 2.17. The number of nitrogens with one attached hydrogen (secondary N) is 1. The predicted molar refractivity (Wildman–Crippen MR) is 96.9 cm³/mol. The number of aromatic hydroxyl groups is 1. The second-order valence-corrected chi connectivity index (χ2v) is 5.90. The summed E-state index contributed by atoms with van der Waals surface area (Å²) in [7, 11) is 1.60. The van der Waals surface area contributed by atoms with Gasteiger partial charge in [-0.2, -0.15) is 4.98 Å². The van der Waals surface area contributed by atoms with Crippen LogP contribution in [0.25, 0.3) is 5.65 Å². The quantitative estimate of drug-likeness (QED) is 0.728. The van der Waals surface area contributed by atoms with Gasteiger partial charge in [-0.3, -0.25) is 14.0 Å². The van der Waals surface area contributed by atoms with Gasteiger partial charge in [0.1, 0.15) is 11.4 Å². The molecule has 0 radical (unpaired) electrons. The number of hydrogen-bond acceptors (Lipinski definition) is 5. The molecule has 2 aromatic heterocycles. The van der Waals surface area contributed by atoms with Gasteiger partial charge in [-0.1, -0.05) is 12.1 Å². The van der Waals surface area contributed by atoms with Crippen LogP contribution in [0.1, 0.15) is 21.5 Å². The smallest absolute Gasteiger partial charge is 0.274 e. The van der Waals surface area contributed by atoms with Crippen molar-refractivity contribution in [1.82, 2.24) is 14.7 Å². The van der Waals surface area contributed by atoms with E-state index < -0.39 is 17.3 Å². The standard InChI is InChI=1S/C19H19N3O4/c1-12-8-10-22-15(11-12)21-18(24)16(19(22)25)17(23)20-9-7-13-3-5-14(26-2)6-4-13/h3-6,8,10-11,24H,7,9H2,1-2H3,(H,20,23). The maximum absolute atomic E-state index is 12.5. The Labute approximate surface area is 149 Å². The molecule has 26 heavy (non-hydrogen) atoms. The third kappa shape index (κ3) is 3.51. The second-order valence-electron chi connectivity index (χ2n) is 5.90. The Hall–Kier alpha value is -3.35. The summed E-state index contributed by atoms with van der Waals surface area (Å²) >= 11 is 0. The molecule has 0 atom stereocenters. The van der Waals surface area contributed by atoms with Gasteiger partial charge in [0, 0.05) is 12.7 Å². The van der Waals surface area contributed by atoms with Gasteiger partial charge in [0.15, 0.2) is 5.56 Å². The van der Waals surface area contributed by atoms with E-state index in [9.17, 15) is 14.7 Å². The van der Waals surface area contributed by atoms with E-state index in [0.717, 1.165) is 16.9 Å². The highest BCUT2D eigenvalue weighted by atomic mass is 16.5. The average molecular weight is 353 g/mol. The average Bonchev–Trinajstić information content (AvgIpc) is 2.62. The number of fused-ring (bicyclic) bond motifs is 1. The van der Waals surface area contributed by atoms with Crippen molar-refractivity contribution in [2.45, 2.75) is 13.3 Å². The molecule has 3 rings (SSSR count). The molecule has 1 aromatic carbocycles. The number of carbonyl (C=O) groups is 1. The number of aromatic nitrogens is 2. The number of carbonyl (C=O) groups excluding carboxylic acids is 1. The minimum Gasteiger partial charge on any atom is -0.497 e. The zero-order valence-corrected chi connectivity index (χ0v) is 14.5. The first-order chi connectivity index (χ1) is 12.5. The topological polar surface area (TPSA) is 92.9 Å². The van der Waals surface area contributed by atoms with Crippen LogP contribution in [0.15, 0.2) is 47.4 Å². The number of hydrogen-bond donors (Lipinski definition) is 2. The van der Waals surface area contributed by atoms with Gasteiger partial charge in [-0.25, -0.2) is 0 Å². The minimum absolute atomic E-state index is 0.294. The molecule has 0 aliphatic rings. The van der Waals surface area contributed by atoms with Crippen molar-refractivity contribution < 1.29 is 14.6 Å². The first kappa shape index (κ1) is 17.5. The van der Waals surface area contributed by atoms with Crippen LogP contribution >= 0.6 is 0 Å². The summed E-state index contributed by atoms with van der Waals surface area (Å²) in [5.74, 6) is -0.459. The number of benzene rings is 1. The first-order valence-electron chi connectivity index (χ1n) is 8.12.